The van der Waals surface area contributed by atoms with E-state index in [0.717, 1.165) is 16.3 Å². The van der Waals surface area contributed by atoms with Crippen LogP contribution in [0.25, 0.3) is 0 Å². The molecular formula is C13H20N2O4S. The number of para-hydroxylation sites is 1. The van der Waals surface area contributed by atoms with E-state index >= 15 is 0 Å². The lowest BCUT2D eigenvalue weighted by atomic mass is 9.97. The number of carboxylic acids is 1. The Hall–Kier alpha value is -1.60. The molecule has 1 rings (SSSR count). The third-order valence-electron chi connectivity index (χ3n) is 3.11. The first-order valence-corrected chi connectivity index (χ1v) is 7.76. The van der Waals surface area contributed by atoms with Gasteiger partial charge in [-0.05, 0) is 24.0 Å². The SMILES string of the molecule is CCC(C)c1ccccc1NS(=O)(=O)N(C)CC(=O)O. The first-order valence-electron chi connectivity index (χ1n) is 6.32. The molecule has 0 radical (unpaired) electrons. The quantitative estimate of drug-likeness (QED) is 0.805. The number of hydrogen-bond acceptors (Lipinski definition) is 3. The van der Waals surface area contributed by atoms with Crippen LogP contribution < -0.4 is 4.72 Å². The molecule has 0 spiro atoms. The molecule has 0 amide bonds. The summed E-state index contributed by atoms with van der Waals surface area (Å²) in [4.78, 5) is 10.6. The van der Waals surface area contributed by atoms with Gasteiger partial charge in [-0.15, -0.1) is 0 Å². The molecule has 1 aromatic rings. The molecule has 112 valence electrons. The highest BCUT2D eigenvalue weighted by Gasteiger charge is 2.21. The average molecular weight is 300 g/mol. The number of hydrogen-bond donors (Lipinski definition) is 2. The Kier molecular flexibility index (Phi) is 5.52. The topological polar surface area (TPSA) is 86.7 Å². The molecule has 0 fully saturated rings. The van der Waals surface area contributed by atoms with Crippen LogP contribution in [0.5, 0.6) is 0 Å². The summed E-state index contributed by atoms with van der Waals surface area (Å²) in [6.07, 6.45) is 0.879. The highest BCUT2D eigenvalue weighted by Crippen LogP contribution is 2.27. The summed E-state index contributed by atoms with van der Waals surface area (Å²) < 4.78 is 27.3. The van der Waals surface area contributed by atoms with Crippen molar-refractivity contribution in [2.75, 3.05) is 18.3 Å². The van der Waals surface area contributed by atoms with Gasteiger partial charge in [0.2, 0.25) is 0 Å². The first kappa shape index (κ1) is 16.5. The van der Waals surface area contributed by atoms with Crippen molar-refractivity contribution in [2.24, 2.45) is 0 Å². The Morgan fingerprint density at radius 1 is 1.40 bits per heavy atom. The summed E-state index contributed by atoms with van der Waals surface area (Å²) in [5, 5.41) is 8.66. The van der Waals surface area contributed by atoms with Crippen molar-refractivity contribution < 1.29 is 18.3 Å². The standard InChI is InChI=1S/C13H20N2O4S/c1-4-10(2)11-7-5-6-8-12(11)14-20(18,19)15(3)9-13(16)17/h5-8,10,14H,4,9H2,1-3H3,(H,16,17). The molecule has 0 saturated carbocycles. The second-order valence-corrected chi connectivity index (χ2v) is 6.43. The van der Waals surface area contributed by atoms with E-state index in [1.165, 1.54) is 7.05 Å². The minimum atomic E-state index is -3.87. The van der Waals surface area contributed by atoms with Crippen molar-refractivity contribution in [3.05, 3.63) is 29.8 Å². The number of likely N-dealkylation sites (N-methyl/N-ethyl adjacent to an activating group) is 1. The predicted molar refractivity (Wildman–Crippen MR) is 78.0 cm³/mol. The van der Waals surface area contributed by atoms with E-state index in [0.29, 0.717) is 5.69 Å². The molecule has 0 aromatic heterocycles. The van der Waals surface area contributed by atoms with E-state index in [4.69, 9.17) is 5.11 Å². The van der Waals surface area contributed by atoms with Crippen molar-refractivity contribution in [3.8, 4) is 0 Å². The maximum absolute atomic E-state index is 12.1. The van der Waals surface area contributed by atoms with Gasteiger partial charge >= 0.3 is 16.2 Å². The van der Waals surface area contributed by atoms with Crippen LogP contribution in [0.15, 0.2) is 24.3 Å². The van der Waals surface area contributed by atoms with Crippen LogP contribution in [0.4, 0.5) is 5.69 Å². The molecule has 1 unspecified atom stereocenters. The highest BCUT2D eigenvalue weighted by molar-refractivity contribution is 7.90. The van der Waals surface area contributed by atoms with E-state index in [-0.39, 0.29) is 5.92 Å². The number of benzene rings is 1. The predicted octanol–water partition coefficient (Wildman–Crippen LogP) is 1.87. The Morgan fingerprint density at radius 2 is 2.00 bits per heavy atom. The summed E-state index contributed by atoms with van der Waals surface area (Å²) in [6.45, 7) is 3.45. The van der Waals surface area contributed by atoms with E-state index in [2.05, 4.69) is 4.72 Å². The zero-order valence-electron chi connectivity index (χ0n) is 11.8. The molecule has 1 atom stereocenters. The fourth-order valence-corrected chi connectivity index (χ4v) is 2.63. The minimum Gasteiger partial charge on any atom is -0.480 e. The van der Waals surface area contributed by atoms with E-state index in [1.807, 2.05) is 26.0 Å². The molecule has 6 nitrogen and oxygen atoms in total. The fraction of sp³-hybridized carbons (Fsp3) is 0.462. The van der Waals surface area contributed by atoms with E-state index < -0.39 is 22.7 Å². The molecule has 1 aromatic carbocycles. The van der Waals surface area contributed by atoms with Gasteiger partial charge in [0.15, 0.2) is 0 Å². The van der Waals surface area contributed by atoms with Gasteiger partial charge in [-0.1, -0.05) is 32.0 Å². The van der Waals surface area contributed by atoms with Crippen LogP contribution in [0.1, 0.15) is 31.7 Å². The third-order valence-corrected chi connectivity index (χ3v) is 4.54. The minimum absolute atomic E-state index is 0.207. The molecule has 0 saturated heterocycles. The van der Waals surface area contributed by atoms with Gasteiger partial charge in [-0.2, -0.15) is 12.7 Å². The van der Waals surface area contributed by atoms with Crippen LogP contribution in [0.3, 0.4) is 0 Å². The summed E-state index contributed by atoms with van der Waals surface area (Å²) in [5.74, 6) is -0.994. The highest BCUT2D eigenvalue weighted by atomic mass is 32.2. The number of aliphatic carboxylic acids is 1. The molecule has 7 heteroatoms. The number of carboxylic acid groups (broad SMARTS) is 1. The van der Waals surface area contributed by atoms with Gasteiger partial charge in [-0.3, -0.25) is 9.52 Å². The van der Waals surface area contributed by atoms with Crippen LogP contribution in [0, 0.1) is 0 Å². The largest absolute Gasteiger partial charge is 0.480 e. The molecule has 0 aliphatic rings. The van der Waals surface area contributed by atoms with Gasteiger partial charge in [-0.25, -0.2) is 0 Å². The van der Waals surface area contributed by atoms with Crippen LogP contribution in [-0.2, 0) is 15.0 Å². The van der Waals surface area contributed by atoms with Crippen molar-refractivity contribution in [3.63, 3.8) is 0 Å². The maximum atomic E-state index is 12.1. The molecular weight excluding hydrogens is 280 g/mol. The zero-order valence-corrected chi connectivity index (χ0v) is 12.6. The Balaban J connectivity index is 3.01. The van der Waals surface area contributed by atoms with Gasteiger partial charge in [0, 0.05) is 7.05 Å². The van der Waals surface area contributed by atoms with Gasteiger partial charge in [0.25, 0.3) is 0 Å². The number of nitrogens with zero attached hydrogens (tertiary/aromatic N) is 1. The lowest BCUT2D eigenvalue weighted by Gasteiger charge is -2.20. The Bertz CT molecular complexity index is 571. The van der Waals surface area contributed by atoms with Crippen molar-refractivity contribution >= 4 is 21.9 Å². The molecule has 0 bridgehead atoms. The van der Waals surface area contributed by atoms with Gasteiger partial charge in [0.05, 0.1) is 5.69 Å². The van der Waals surface area contributed by atoms with Gasteiger partial charge in [0.1, 0.15) is 6.54 Å². The Labute approximate surface area is 119 Å². The second-order valence-electron chi connectivity index (χ2n) is 4.65. The lowest BCUT2D eigenvalue weighted by Crippen LogP contribution is -2.36. The van der Waals surface area contributed by atoms with Crippen molar-refractivity contribution in [1.82, 2.24) is 4.31 Å². The van der Waals surface area contributed by atoms with E-state index in [1.54, 1.807) is 12.1 Å². The summed E-state index contributed by atoms with van der Waals surface area (Å²) in [7, 11) is -2.65. The van der Waals surface area contributed by atoms with E-state index in [9.17, 15) is 13.2 Å². The molecule has 0 heterocycles. The fourth-order valence-electron chi connectivity index (χ4n) is 1.73. The van der Waals surface area contributed by atoms with Crippen LogP contribution in [0.2, 0.25) is 0 Å². The van der Waals surface area contributed by atoms with Crippen LogP contribution in [-0.4, -0.2) is 37.4 Å². The molecule has 0 aliphatic carbocycles. The van der Waals surface area contributed by atoms with Crippen LogP contribution >= 0.6 is 0 Å². The summed E-state index contributed by atoms with van der Waals surface area (Å²) in [6, 6.07) is 7.12. The number of carbonyl (C=O) groups is 1. The monoisotopic (exact) mass is 300 g/mol. The first-order chi connectivity index (χ1) is 9.27. The number of anilines is 1. The summed E-state index contributed by atoms with van der Waals surface area (Å²) in [5.41, 5.74) is 1.38. The third kappa shape index (κ3) is 4.21. The normalized spacial score (nSPS) is 13.2. The summed E-state index contributed by atoms with van der Waals surface area (Å²) >= 11 is 0. The average Bonchev–Trinajstić information content (AvgIpc) is 2.37. The second kappa shape index (κ2) is 6.71. The van der Waals surface area contributed by atoms with Crippen molar-refractivity contribution in [1.29, 1.82) is 0 Å². The smallest absolute Gasteiger partial charge is 0.318 e. The zero-order chi connectivity index (χ0) is 15.3. The molecule has 0 aliphatic heterocycles. The van der Waals surface area contributed by atoms with Crippen molar-refractivity contribution in [2.45, 2.75) is 26.2 Å². The lowest BCUT2D eigenvalue weighted by molar-refractivity contribution is -0.137. The Morgan fingerprint density at radius 3 is 2.55 bits per heavy atom. The van der Waals surface area contributed by atoms with Gasteiger partial charge < -0.3 is 5.11 Å². The molecule has 20 heavy (non-hydrogen) atoms. The molecule has 2 N–H and O–H groups in total. The number of nitrogens with one attached hydrogen (secondary N) is 1. The number of rotatable bonds is 7. The maximum Gasteiger partial charge on any atom is 0.318 e.